The first-order valence-electron chi connectivity index (χ1n) is 5.88. The van der Waals surface area contributed by atoms with Crippen LogP contribution in [0.3, 0.4) is 0 Å². The molecule has 0 aliphatic carbocycles. The fourth-order valence-corrected chi connectivity index (χ4v) is 2.08. The van der Waals surface area contributed by atoms with Crippen molar-refractivity contribution < 1.29 is 14.6 Å². The summed E-state index contributed by atoms with van der Waals surface area (Å²) in [4.78, 5) is 11.2. The predicted octanol–water partition coefficient (Wildman–Crippen LogP) is 3.22. The fourth-order valence-electron chi connectivity index (χ4n) is 2.08. The SMILES string of the molecule is C=C(C)/C=C(\C)c1cc2c(cc1O)OC(=O)CC2. The first-order chi connectivity index (χ1) is 8.47. The second kappa shape index (κ2) is 4.69. The van der Waals surface area contributed by atoms with E-state index in [-0.39, 0.29) is 11.7 Å². The summed E-state index contributed by atoms with van der Waals surface area (Å²) >= 11 is 0. The maximum atomic E-state index is 11.2. The average Bonchev–Trinajstić information content (AvgIpc) is 2.26. The van der Waals surface area contributed by atoms with Gasteiger partial charge in [0.05, 0.1) is 6.42 Å². The van der Waals surface area contributed by atoms with Crippen molar-refractivity contribution in [3.63, 3.8) is 0 Å². The van der Waals surface area contributed by atoms with Crippen LogP contribution >= 0.6 is 0 Å². The van der Waals surface area contributed by atoms with E-state index >= 15 is 0 Å². The second-order valence-corrected chi connectivity index (χ2v) is 4.62. The highest BCUT2D eigenvalue weighted by molar-refractivity contribution is 5.78. The number of ether oxygens (including phenoxy) is 1. The summed E-state index contributed by atoms with van der Waals surface area (Å²) < 4.78 is 5.09. The molecule has 1 aromatic rings. The van der Waals surface area contributed by atoms with Crippen LogP contribution in [0.5, 0.6) is 11.5 Å². The van der Waals surface area contributed by atoms with Crippen LogP contribution in [0.2, 0.25) is 0 Å². The third-order valence-electron chi connectivity index (χ3n) is 2.89. The minimum absolute atomic E-state index is 0.124. The van der Waals surface area contributed by atoms with Gasteiger partial charge < -0.3 is 9.84 Å². The number of carbonyl (C=O) groups excluding carboxylic acids is 1. The molecule has 0 fully saturated rings. The summed E-state index contributed by atoms with van der Waals surface area (Å²) in [6.45, 7) is 7.65. The lowest BCUT2D eigenvalue weighted by molar-refractivity contribution is -0.135. The summed E-state index contributed by atoms with van der Waals surface area (Å²) in [6.07, 6.45) is 2.96. The number of hydrogen-bond acceptors (Lipinski definition) is 3. The van der Waals surface area contributed by atoms with Crippen LogP contribution in [-0.2, 0) is 11.2 Å². The van der Waals surface area contributed by atoms with E-state index in [1.54, 1.807) is 0 Å². The number of benzene rings is 1. The Kier molecular flexibility index (Phi) is 3.24. The van der Waals surface area contributed by atoms with Gasteiger partial charge in [-0.1, -0.05) is 18.2 Å². The maximum absolute atomic E-state index is 11.2. The molecule has 1 aromatic carbocycles. The molecule has 0 bridgehead atoms. The number of phenolic OH excluding ortho intramolecular Hbond substituents is 1. The summed E-state index contributed by atoms with van der Waals surface area (Å²) in [6, 6.07) is 3.39. The van der Waals surface area contributed by atoms with Crippen molar-refractivity contribution in [2.24, 2.45) is 0 Å². The van der Waals surface area contributed by atoms with Crippen molar-refractivity contribution in [1.29, 1.82) is 0 Å². The Morgan fingerprint density at radius 3 is 2.78 bits per heavy atom. The van der Waals surface area contributed by atoms with E-state index in [4.69, 9.17) is 4.74 Å². The molecule has 1 heterocycles. The van der Waals surface area contributed by atoms with Gasteiger partial charge in [0, 0.05) is 11.6 Å². The summed E-state index contributed by atoms with van der Waals surface area (Å²) in [5.74, 6) is 0.345. The van der Waals surface area contributed by atoms with E-state index in [1.807, 2.05) is 26.0 Å². The zero-order valence-electron chi connectivity index (χ0n) is 10.6. The average molecular weight is 244 g/mol. The fraction of sp³-hybridized carbons (Fsp3) is 0.267. The van der Waals surface area contributed by atoms with Gasteiger partial charge in [0.1, 0.15) is 11.5 Å². The van der Waals surface area contributed by atoms with Crippen molar-refractivity contribution >= 4 is 11.5 Å². The number of carbonyl (C=O) groups is 1. The summed E-state index contributed by atoms with van der Waals surface area (Å²) in [5.41, 5.74) is 3.59. The van der Waals surface area contributed by atoms with Crippen LogP contribution < -0.4 is 4.74 Å². The van der Waals surface area contributed by atoms with Gasteiger partial charge in [-0.3, -0.25) is 4.79 Å². The van der Waals surface area contributed by atoms with Crippen LogP contribution in [0.4, 0.5) is 0 Å². The molecule has 94 valence electrons. The number of aryl methyl sites for hydroxylation is 1. The minimum Gasteiger partial charge on any atom is -0.507 e. The number of phenols is 1. The Bertz CT molecular complexity index is 553. The Hall–Kier alpha value is -2.03. The normalized spacial score (nSPS) is 15.0. The first kappa shape index (κ1) is 12.4. The Labute approximate surface area is 106 Å². The van der Waals surface area contributed by atoms with Crippen LogP contribution in [0.15, 0.2) is 30.4 Å². The number of allylic oxidation sites excluding steroid dienone is 3. The van der Waals surface area contributed by atoms with Gasteiger partial charge in [0.2, 0.25) is 0 Å². The molecule has 0 radical (unpaired) electrons. The van der Waals surface area contributed by atoms with Gasteiger partial charge in [-0.25, -0.2) is 0 Å². The van der Waals surface area contributed by atoms with Crippen molar-refractivity contribution in [3.05, 3.63) is 41.5 Å². The van der Waals surface area contributed by atoms with Crippen LogP contribution in [0, 0.1) is 0 Å². The molecule has 0 saturated heterocycles. The monoisotopic (exact) mass is 244 g/mol. The predicted molar refractivity (Wildman–Crippen MR) is 70.5 cm³/mol. The standard InChI is InChI=1S/C15H16O3/c1-9(2)6-10(3)12-7-11-4-5-15(17)18-14(11)8-13(12)16/h6-8,16H,1,4-5H2,2-3H3/b10-6+. The number of hydrogen-bond donors (Lipinski definition) is 1. The molecule has 0 amide bonds. The van der Waals surface area contributed by atoms with E-state index in [0.29, 0.717) is 18.6 Å². The molecular formula is C15H16O3. The largest absolute Gasteiger partial charge is 0.507 e. The van der Waals surface area contributed by atoms with Gasteiger partial charge in [0.25, 0.3) is 0 Å². The van der Waals surface area contributed by atoms with Crippen LogP contribution in [0.25, 0.3) is 5.57 Å². The number of rotatable bonds is 2. The van der Waals surface area contributed by atoms with Gasteiger partial charge >= 0.3 is 5.97 Å². The number of aromatic hydroxyl groups is 1. The smallest absolute Gasteiger partial charge is 0.311 e. The van der Waals surface area contributed by atoms with E-state index in [2.05, 4.69) is 6.58 Å². The Morgan fingerprint density at radius 2 is 2.11 bits per heavy atom. The van der Waals surface area contributed by atoms with Crippen molar-refractivity contribution in [3.8, 4) is 11.5 Å². The maximum Gasteiger partial charge on any atom is 0.311 e. The van der Waals surface area contributed by atoms with E-state index in [0.717, 1.165) is 22.3 Å². The van der Waals surface area contributed by atoms with E-state index in [9.17, 15) is 9.90 Å². The lowest BCUT2D eigenvalue weighted by Crippen LogP contribution is -2.15. The van der Waals surface area contributed by atoms with E-state index < -0.39 is 0 Å². The molecule has 3 nitrogen and oxygen atoms in total. The highest BCUT2D eigenvalue weighted by Crippen LogP contribution is 2.35. The molecule has 0 saturated carbocycles. The lowest BCUT2D eigenvalue weighted by atomic mass is 9.97. The molecule has 1 aliphatic rings. The Balaban J connectivity index is 2.46. The first-order valence-corrected chi connectivity index (χ1v) is 5.88. The molecule has 0 unspecified atom stereocenters. The number of fused-ring (bicyclic) bond motifs is 1. The summed E-state index contributed by atoms with van der Waals surface area (Å²) in [7, 11) is 0. The van der Waals surface area contributed by atoms with Gasteiger partial charge in [-0.05, 0) is 37.5 Å². The number of esters is 1. The van der Waals surface area contributed by atoms with Crippen molar-refractivity contribution in [2.75, 3.05) is 0 Å². The molecule has 1 aliphatic heterocycles. The molecule has 0 spiro atoms. The van der Waals surface area contributed by atoms with Crippen molar-refractivity contribution in [1.82, 2.24) is 0 Å². The lowest BCUT2D eigenvalue weighted by Gasteiger charge is -2.17. The molecule has 1 N–H and O–H groups in total. The van der Waals surface area contributed by atoms with Gasteiger partial charge in [0.15, 0.2) is 0 Å². The molecule has 2 rings (SSSR count). The van der Waals surface area contributed by atoms with Crippen molar-refractivity contribution in [2.45, 2.75) is 26.7 Å². The third-order valence-corrected chi connectivity index (χ3v) is 2.89. The highest BCUT2D eigenvalue weighted by Gasteiger charge is 2.19. The molecule has 18 heavy (non-hydrogen) atoms. The molecule has 0 atom stereocenters. The molecule has 3 heteroatoms. The minimum atomic E-state index is -0.246. The zero-order valence-corrected chi connectivity index (χ0v) is 10.6. The Morgan fingerprint density at radius 1 is 1.39 bits per heavy atom. The third kappa shape index (κ3) is 2.45. The van der Waals surface area contributed by atoms with Crippen LogP contribution in [-0.4, -0.2) is 11.1 Å². The molecule has 0 aromatic heterocycles. The molecular weight excluding hydrogens is 228 g/mol. The van der Waals surface area contributed by atoms with Gasteiger partial charge in [-0.2, -0.15) is 0 Å². The van der Waals surface area contributed by atoms with E-state index in [1.165, 1.54) is 6.07 Å². The highest BCUT2D eigenvalue weighted by atomic mass is 16.5. The second-order valence-electron chi connectivity index (χ2n) is 4.62. The van der Waals surface area contributed by atoms with Crippen LogP contribution in [0.1, 0.15) is 31.4 Å². The zero-order chi connectivity index (χ0) is 13.3. The summed E-state index contributed by atoms with van der Waals surface area (Å²) in [5, 5.41) is 9.97. The topological polar surface area (TPSA) is 46.5 Å². The van der Waals surface area contributed by atoms with Gasteiger partial charge in [-0.15, -0.1) is 0 Å². The quantitative estimate of drug-likeness (QED) is 0.493.